The lowest BCUT2D eigenvalue weighted by molar-refractivity contribution is -0.141. The molecule has 0 aromatic carbocycles. The number of likely N-dealkylation sites (tertiary alicyclic amines) is 1. The third-order valence-electron chi connectivity index (χ3n) is 2.72. The number of nitrogens with zero attached hydrogens (tertiary/aromatic N) is 1. The fourth-order valence-corrected chi connectivity index (χ4v) is 1.55. The van der Waals surface area contributed by atoms with Gasteiger partial charge < -0.3 is 5.11 Å². The molecule has 1 heterocycles. The molecule has 4 nitrogen and oxygen atoms in total. The Balaban J connectivity index is 2.80. The van der Waals surface area contributed by atoms with Crippen LogP contribution >= 0.6 is 0 Å². The van der Waals surface area contributed by atoms with Crippen LogP contribution in [0, 0.1) is 5.41 Å². The molecule has 80 valence electrons. The van der Waals surface area contributed by atoms with E-state index in [1.807, 2.05) is 6.92 Å². The Labute approximate surface area is 83.9 Å². The molecule has 2 amide bonds. The van der Waals surface area contributed by atoms with Gasteiger partial charge in [-0.05, 0) is 20.3 Å². The van der Waals surface area contributed by atoms with Crippen LogP contribution in [0.25, 0.3) is 0 Å². The van der Waals surface area contributed by atoms with Crippen molar-refractivity contribution in [3.05, 3.63) is 0 Å². The molecule has 14 heavy (non-hydrogen) atoms. The van der Waals surface area contributed by atoms with Gasteiger partial charge in [-0.1, -0.05) is 13.3 Å². The number of rotatable bonds is 3. The van der Waals surface area contributed by atoms with E-state index in [-0.39, 0.29) is 5.91 Å². The van der Waals surface area contributed by atoms with Crippen molar-refractivity contribution < 1.29 is 14.7 Å². The van der Waals surface area contributed by atoms with Crippen molar-refractivity contribution >= 4 is 11.8 Å². The third-order valence-corrected chi connectivity index (χ3v) is 2.72. The van der Waals surface area contributed by atoms with Crippen LogP contribution in [0.3, 0.4) is 0 Å². The lowest BCUT2D eigenvalue weighted by atomic mass is 9.89. The van der Waals surface area contributed by atoms with Crippen LogP contribution in [-0.4, -0.2) is 34.5 Å². The molecule has 1 rings (SSSR count). The molecule has 0 radical (unpaired) electrons. The number of aliphatic hydroxyl groups is 1. The van der Waals surface area contributed by atoms with E-state index in [2.05, 4.69) is 0 Å². The Hall–Kier alpha value is -0.900. The van der Waals surface area contributed by atoms with E-state index in [4.69, 9.17) is 0 Å². The zero-order valence-corrected chi connectivity index (χ0v) is 8.91. The van der Waals surface area contributed by atoms with Crippen molar-refractivity contribution in [3.63, 3.8) is 0 Å². The van der Waals surface area contributed by atoms with Gasteiger partial charge in [-0.25, -0.2) is 0 Å². The molecular formula is C10H17NO3. The van der Waals surface area contributed by atoms with Gasteiger partial charge in [-0.2, -0.15) is 0 Å². The zero-order valence-electron chi connectivity index (χ0n) is 8.91. The Kier molecular flexibility index (Phi) is 2.95. The lowest BCUT2D eigenvalue weighted by Gasteiger charge is -2.17. The Morgan fingerprint density at radius 2 is 2.00 bits per heavy atom. The van der Waals surface area contributed by atoms with Gasteiger partial charge in [-0.15, -0.1) is 0 Å². The highest BCUT2D eigenvalue weighted by molar-refractivity contribution is 6.08. The maximum absolute atomic E-state index is 11.7. The topological polar surface area (TPSA) is 57.6 Å². The molecule has 1 aliphatic rings. The number of unbranched alkanes of at least 4 members (excludes halogenated alkanes) is 1. The van der Waals surface area contributed by atoms with Crippen LogP contribution in [0.4, 0.5) is 0 Å². The molecule has 4 heteroatoms. The van der Waals surface area contributed by atoms with E-state index in [0.29, 0.717) is 6.54 Å². The number of aliphatic hydroxyl groups excluding tert-OH is 1. The highest BCUT2D eigenvalue weighted by atomic mass is 16.3. The van der Waals surface area contributed by atoms with E-state index in [1.165, 1.54) is 4.90 Å². The number of carbonyl (C=O) groups excluding carboxylic acids is 2. The van der Waals surface area contributed by atoms with Crippen LogP contribution in [-0.2, 0) is 9.59 Å². The largest absolute Gasteiger partial charge is 0.382 e. The van der Waals surface area contributed by atoms with Crippen LogP contribution in [0.2, 0.25) is 0 Å². The summed E-state index contributed by atoms with van der Waals surface area (Å²) in [6, 6.07) is 0. The van der Waals surface area contributed by atoms with Gasteiger partial charge in [0.1, 0.15) is 6.10 Å². The quantitative estimate of drug-likeness (QED) is 0.675. The van der Waals surface area contributed by atoms with E-state index < -0.39 is 17.4 Å². The average molecular weight is 199 g/mol. The standard InChI is InChI=1S/C10H17NO3/c1-4-5-6-11-8(13)7(12)10(2,3)9(11)14/h7,12H,4-6H2,1-3H3/t7-/m0/s1. The van der Waals surface area contributed by atoms with Crippen LogP contribution < -0.4 is 0 Å². The summed E-state index contributed by atoms with van der Waals surface area (Å²) in [4.78, 5) is 24.4. The molecule has 0 bridgehead atoms. The number of hydrogen-bond donors (Lipinski definition) is 1. The first-order valence-electron chi connectivity index (χ1n) is 4.96. The van der Waals surface area contributed by atoms with E-state index in [1.54, 1.807) is 13.8 Å². The second-order valence-corrected chi connectivity index (χ2v) is 4.27. The highest BCUT2D eigenvalue weighted by Gasteiger charge is 2.52. The lowest BCUT2D eigenvalue weighted by Crippen LogP contribution is -2.33. The van der Waals surface area contributed by atoms with Gasteiger partial charge in [0.2, 0.25) is 5.91 Å². The first kappa shape index (κ1) is 11.2. The summed E-state index contributed by atoms with van der Waals surface area (Å²) >= 11 is 0. The van der Waals surface area contributed by atoms with E-state index in [0.717, 1.165) is 12.8 Å². The van der Waals surface area contributed by atoms with Gasteiger partial charge in [0.25, 0.3) is 5.91 Å². The minimum Gasteiger partial charge on any atom is -0.382 e. The van der Waals surface area contributed by atoms with Gasteiger partial charge >= 0.3 is 0 Å². The molecular weight excluding hydrogens is 182 g/mol. The second-order valence-electron chi connectivity index (χ2n) is 4.27. The monoisotopic (exact) mass is 199 g/mol. The maximum Gasteiger partial charge on any atom is 0.259 e. The fraction of sp³-hybridized carbons (Fsp3) is 0.800. The zero-order chi connectivity index (χ0) is 10.9. The summed E-state index contributed by atoms with van der Waals surface area (Å²) in [6.45, 7) is 5.62. The second kappa shape index (κ2) is 3.69. The Morgan fingerprint density at radius 1 is 1.43 bits per heavy atom. The first-order valence-corrected chi connectivity index (χ1v) is 4.96. The van der Waals surface area contributed by atoms with Crippen LogP contribution in [0.1, 0.15) is 33.6 Å². The smallest absolute Gasteiger partial charge is 0.259 e. The summed E-state index contributed by atoms with van der Waals surface area (Å²) < 4.78 is 0. The minimum atomic E-state index is -1.17. The van der Waals surface area contributed by atoms with Gasteiger partial charge in [0.05, 0.1) is 5.41 Å². The third kappa shape index (κ3) is 1.54. The molecule has 1 aliphatic heterocycles. The van der Waals surface area contributed by atoms with Crippen molar-refractivity contribution in [2.24, 2.45) is 5.41 Å². The van der Waals surface area contributed by atoms with Crippen LogP contribution in [0.15, 0.2) is 0 Å². The SMILES string of the molecule is CCCCN1C(=O)[C@H](O)C(C)(C)C1=O. The van der Waals surface area contributed by atoms with E-state index in [9.17, 15) is 14.7 Å². The molecule has 0 spiro atoms. The van der Waals surface area contributed by atoms with Crippen LogP contribution in [0.5, 0.6) is 0 Å². The molecule has 1 saturated heterocycles. The van der Waals surface area contributed by atoms with Crippen molar-refractivity contribution in [2.45, 2.75) is 39.7 Å². The number of amides is 2. The predicted molar refractivity (Wildman–Crippen MR) is 51.4 cm³/mol. The molecule has 0 unspecified atom stereocenters. The van der Waals surface area contributed by atoms with Crippen molar-refractivity contribution in [2.75, 3.05) is 6.54 Å². The summed E-state index contributed by atoms with van der Waals surface area (Å²) in [5, 5.41) is 9.55. The maximum atomic E-state index is 11.7. The number of hydrogen-bond acceptors (Lipinski definition) is 3. The predicted octanol–water partition coefficient (Wildman–Crippen LogP) is 0.542. The minimum absolute atomic E-state index is 0.261. The van der Waals surface area contributed by atoms with Gasteiger partial charge in [0, 0.05) is 6.54 Å². The highest BCUT2D eigenvalue weighted by Crippen LogP contribution is 2.32. The molecule has 1 fully saturated rings. The fourth-order valence-electron chi connectivity index (χ4n) is 1.55. The first-order chi connectivity index (χ1) is 6.42. The van der Waals surface area contributed by atoms with Crippen molar-refractivity contribution in [1.29, 1.82) is 0 Å². The van der Waals surface area contributed by atoms with Crippen molar-refractivity contribution in [1.82, 2.24) is 4.90 Å². The van der Waals surface area contributed by atoms with E-state index >= 15 is 0 Å². The van der Waals surface area contributed by atoms with Crippen molar-refractivity contribution in [3.8, 4) is 0 Å². The summed E-state index contributed by atoms with van der Waals surface area (Å²) in [5.41, 5.74) is -0.954. The molecule has 0 aliphatic carbocycles. The van der Waals surface area contributed by atoms with Gasteiger partial charge in [-0.3, -0.25) is 14.5 Å². The molecule has 0 aromatic rings. The number of carbonyl (C=O) groups is 2. The summed E-state index contributed by atoms with van der Waals surface area (Å²) in [6.07, 6.45) is 0.542. The molecule has 0 saturated carbocycles. The molecule has 1 atom stereocenters. The Morgan fingerprint density at radius 3 is 2.36 bits per heavy atom. The Bertz CT molecular complexity index is 260. The normalized spacial score (nSPS) is 26.0. The summed E-state index contributed by atoms with van der Waals surface area (Å²) in [7, 11) is 0. The number of imide groups is 1. The van der Waals surface area contributed by atoms with Gasteiger partial charge in [0.15, 0.2) is 0 Å². The summed E-state index contributed by atoms with van der Waals surface area (Å²) in [5.74, 6) is -0.711. The molecule has 0 aromatic heterocycles. The average Bonchev–Trinajstić information content (AvgIpc) is 2.28. The molecule has 1 N–H and O–H groups in total.